The monoisotopic (exact) mass is 242 g/mol. The van der Waals surface area contributed by atoms with E-state index in [0.29, 0.717) is 6.04 Å². The van der Waals surface area contributed by atoms with E-state index in [0.717, 1.165) is 24.5 Å². The lowest BCUT2D eigenvalue weighted by atomic mass is 10.0. The Hall–Kier alpha value is -1.74. The SMILES string of the molecule is Nc1cccc(C2CCCN2Cc2ccco2)c1. The van der Waals surface area contributed by atoms with Crippen LogP contribution in [0.15, 0.2) is 47.1 Å². The molecule has 0 radical (unpaired) electrons. The zero-order valence-electron chi connectivity index (χ0n) is 10.4. The Bertz CT molecular complexity index is 507. The first-order chi connectivity index (χ1) is 8.83. The Labute approximate surface area is 107 Å². The molecule has 94 valence electrons. The van der Waals surface area contributed by atoms with Crippen LogP contribution in [-0.2, 0) is 6.54 Å². The number of likely N-dealkylation sites (tertiary alicyclic amines) is 1. The molecule has 18 heavy (non-hydrogen) atoms. The Morgan fingerprint density at radius 3 is 3.00 bits per heavy atom. The van der Waals surface area contributed by atoms with Crippen molar-refractivity contribution < 1.29 is 4.42 Å². The van der Waals surface area contributed by atoms with Gasteiger partial charge >= 0.3 is 0 Å². The number of nitrogens with two attached hydrogens (primary N) is 1. The first kappa shape index (κ1) is 11.4. The summed E-state index contributed by atoms with van der Waals surface area (Å²) in [5.74, 6) is 1.03. The highest BCUT2D eigenvalue weighted by molar-refractivity contribution is 5.41. The molecule has 3 nitrogen and oxygen atoms in total. The Morgan fingerprint density at radius 1 is 1.28 bits per heavy atom. The van der Waals surface area contributed by atoms with Gasteiger partial charge in [0.15, 0.2) is 0 Å². The maximum absolute atomic E-state index is 5.87. The lowest BCUT2D eigenvalue weighted by Crippen LogP contribution is -2.22. The molecule has 1 saturated heterocycles. The van der Waals surface area contributed by atoms with E-state index in [1.807, 2.05) is 24.3 Å². The molecule has 2 N–H and O–H groups in total. The third kappa shape index (κ3) is 2.27. The van der Waals surface area contributed by atoms with Gasteiger partial charge in [-0.1, -0.05) is 12.1 Å². The number of rotatable bonds is 3. The van der Waals surface area contributed by atoms with Gasteiger partial charge in [-0.3, -0.25) is 4.90 Å². The number of nitrogen functional groups attached to an aromatic ring is 1. The second-order valence-corrected chi connectivity index (χ2v) is 4.88. The van der Waals surface area contributed by atoms with Crippen molar-refractivity contribution in [2.45, 2.75) is 25.4 Å². The van der Waals surface area contributed by atoms with Crippen LogP contribution >= 0.6 is 0 Å². The third-order valence-corrected chi connectivity index (χ3v) is 3.60. The summed E-state index contributed by atoms with van der Waals surface area (Å²) in [6.07, 6.45) is 4.17. The molecule has 1 aliphatic heterocycles. The van der Waals surface area contributed by atoms with Gasteiger partial charge in [-0.15, -0.1) is 0 Å². The molecule has 0 bridgehead atoms. The summed E-state index contributed by atoms with van der Waals surface area (Å²) >= 11 is 0. The zero-order valence-corrected chi connectivity index (χ0v) is 10.4. The van der Waals surface area contributed by atoms with E-state index in [4.69, 9.17) is 10.2 Å². The molecule has 3 heteroatoms. The van der Waals surface area contributed by atoms with Crippen LogP contribution < -0.4 is 5.73 Å². The van der Waals surface area contributed by atoms with Crippen molar-refractivity contribution in [1.29, 1.82) is 0 Å². The van der Waals surface area contributed by atoms with Gasteiger partial charge in [0.25, 0.3) is 0 Å². The maximum Gasteiger partial charge on any atom is 0.117 e. The van der Waals surface area contributed by atoms with E-state index in [1.165, 1.54) is 18.4 Å². The minimum absolute atomic E-state index is 0.471. The Balaban J connectivity index is 1.79. The van der Waals surface area contributed by atoms with Gasteiger partial charge in [0.2, 0.25) is 0 Å². The summed E-state index contributed by atoms with van der Waals surface area (Å²) < 4.78 is 5.44. The van der Waals surface area contributed by atoms with E-state index in [2.05, 4.69) is 17.0 Å². The van der Waals surface area contributed by atoms with E-state index in [9.17, 15) is 0 Å². The maximum atomic E-state index is 5.87. The molecule has 1 unspecified atom stereocenters. The first-order valence-electron chi connectivity index (χ1n) is 6.45. The number of nitrogens with zero attached hydrogens (tertiary/aromatic N) is 1. The van der Waals surface area contributed by atoms with Crippen molar-refractivity contribution in [3.8, 4) is 0 Å². The summed E-state index contributed by atoms with van der Waals surface area (Å²) in [5.41, 5.74) is 8.03. The lowest BCUT2D eigenvalue weighted by Gasteiger charge is -2.24. The number of hydrogen-bond acceptors (Lipinski definition) is 3. The van der Waals surface area contributed by atoms with Crippen LogP contribution in [0.2, 0.25) is 0 Å². The van der Waals surface area contributed by atoms with Crippen molar-refractivity contribution in [1.82, 2.24) is 4.90 Å². The predicted molar refractivity (Wildman–Crippen MR) is 71.9 cm³/mol. The summed E-state index contributed by atoms with van der Waals surface area (Å²) in [6, 6.07) is 12.7. The third-order valence-electron chi connectivity index (χ3n) is 3.60. The smallest absolute Gasteiger partial charge is 0.117 e. The molecule has 1 aliphatic rings. The van der Waals surface area contributed by atoms with Crippen LogP contribution in [0.4, 0.5) is 5.69 Å². The quantitative estimate of drug-likeness (QED) is 0.840. The molecular formula is C15H18N2O. The van der Waals surface area contributed by atoms with Gasteiger partial charge in [-0.05, 0) is 49.2 Å². The fraction of sp³-hybridized carbons (Fsp3) is 0.333. The molecule has 0 amide bonds. The molecule has 1 aromatic heterocycles. The van der Waals surface area contributed by atoms with Gasteiger partial charge in [0, 0.05) is 11.7 Å². The topological polar surface area (TPSA) is 42.4 Å². The zero-order chi connectivity index (χ0) is 12.4. The molecule has 0 aliphatic carbocycles. The highest BCUT2D eigenvalue weighted by Crippen LogP contribution is 2.33. The molecule has 3 rings (SSSR count). The van der Waals surface area contributed by atoms with Crippen LogP contribution in [-0.4, -0.2) is 11.4 Å². The van der Waals surface area contributed by atoms with Gasteiger partial charge in [0.05, 0.1) is 12.8 Å². The van der Waals surface area contributed by atoms with Crippen LogP contribution in [0.1, 0.15) is 30.2 Å². The van der Waals surface area contributed by atoms with Crippen LogP contribution in [0.3, 0.4) is 0 Å². The fourth-order valence-corrected chi connectivity index (χ4v) is 2.76. The molecule has 0 saturated carbocycles. The molecule has 1 atom stereocenters. The van der Waals surface area contributed by atoms with E-state index in [1.54, 1.807) is 6.26 Å². The van der Waals surface area contributed by atoms with Gasteiger partial charge in [-0.2, -0.15) is 0 Å². The summed E-state index contributed by atoms with van der Waals surface area (Å²) in [7, 11) is 0. The van der Waals surface area contributed by atoms with Crippen LogP contribution in [0.5, 0.6) is 0 Å². The van der Waals surface area contributed by atoms with Crippen molar-refractivity contribution >= 4 is 5.69 Å². The second kappa shape index (κ2) is 4.86. The number of benzene rings is 1. The second-order valence-electron chi connectivity index (χ2n) is 4.88. The molecule has 2 aromatic rings. The average Bonchev–Trinajstić information content (AvgIpc) is 3.01. The number of anilines is 1. The predicted octanol–water partition coefficient (Wildman–Crippen LogP) is 3.20. The summed E-state index contributed by atoms with van der Waals surface area (Å²) in [5, 5.41) is 0. The number of furan rings is 1. The Kier molecular flexibility index (Phi) is 3.07. The highest BCUT2D eigenvalue weighted by Gasteiger charge is 2.26. The van der Waals surface area contributed by atoms with Crippen molar-refractivity contribution in [3.05, 3.63) is 54.0 Å². The lowest BCUT2D eigenvalue weighted by molar-refractivity contribution is 0.228. The largest absolute Gasteiger partial charge is 0.468 e. The van der Waals surface area contributed by atoms with E-state index >= 15 is 0 Å². The summed E-state index contributed by atoms with van der Waals surface area (Å²) in [6.45, 7) is 2.01. The van der Waals surface area contributed by atoms with Gasteiger partial charge < -0.3 is 10.2 Å². The highest BCUT2D eigenvalue weighted by atomic mass is 16.3. The van der Waals surface area contributed by atoms with Gasteiger partial charge in [-0.25, -0.2) is 0 Å². The number of hydrogen-bond donors (Lipinski definition) is 1. The van der Waals surface area contributed by atoms with Gasteiger partial charge in [0.1, 0.15) is 5.76 Å². The van der Waals surface area contributed by atoms with Crippen LogP contribution in [0.25, 0.3) is 0 Å². The summed E-state index contributed by atoms with van der Waals surface area (Å²) in [4.78, 5) is 2.47. The molecule has 0 spiro atoms. The van der Waals surface area contributed by atoms with Crippen molar-refractivity contribution in [3.63, 3.8) is 0 Å². The Morgan fingerprint density at radius 2 is 2.22 bits per heavy atom. The molecular weight excluding hydrogens is 224 g/mol. The van der Waals surface area contributed by atoms with E-state index < -0.39 is 0 Å². The van der Waals surface area contributed by atoms with Crippen LogP contribution in [0, 0.1) is 0 Å². The standard InChI is InChI=1S/C15H18N2O/c16-13-5-1-4-12(10-13)15-7-2-8-17(15)11-14-6-3-9-18-14/h1,3-6,9-10,15H,2,7-8,11,16H2. The molecule has 1 aromatic carbocycles. The minimum atomic E-state index is 0.471. The first-order valence-corrected chi connectivity index (χ1v) is 6.45. The van der Waals surface area contributed by atoms with Crippen molar-refractivity contribution in [2.75, 3.05) is 12.3 Å². The molecule has 1 fully saturated rings. The fourth-order valence-electron chi connectivity index (χ4n) is 2.76. The molecule has 2 heterocycles. The minimum Gasteiger partial charge on any atom is -0.468 e. The van der Waals surface area contributed by atoms with Crippen molar-refractivity contribution in [2.24, 2.45) is 0 Å². The average molecular weight is 242 g/mol. The normalized spacial score (nSPS) is 20.3. The van der Waals surface area contributed by atoms with E-state index in [-0.39, 0.29) is 0 Å².